The Morgan fingerprint density at radius 3 is 2.60 bits per heavy atom. The number of nitrogens with zero attached hydrogens (tertiary/aromatic N) is 1. The summed E-state index contributed by atoms with van der Waals surface area (Å²) < 4.78 is 0. The number of amides is 1. The fourth-order valence-electron chi connectivity index (χ4n) is 3.04. The smallest absolute Gasteiger partial charge is 0.253 e. The van der Waals surface area contributed by atoms with Gasteiger partial charge in [0.05, 0.1) is 0 Å². The Balaban J connectivity index is 2.03. The molecule has 1 N–H and O–H groups in total. The molecular formula is C17H26N2O. The molecule has 0 aliphatic carbocycles. The summed E-state index contributed by atoms with van der Waals surface area (Å²) in [5.74, 6) is 0.747. The molecule has 2 atom stereocenters. The molecule has 1 aliphatic heterocycles. The van der Waals surface area contributed by atoms with Gasteiger partial charge in [0.15, 0.2) is 0 Å². The van der Waals surface area contributed by atoms with Gasteiger partial charge in [0, 0.05) is 24.7 Å². The van der Waals surface area contributed by atoms with Crippen molar-refractivity contribution in [1.29, 1.82) is 0 Å². The molecule has 1 amide bonds. The van der Waals surface area contributed by atoms with E-state index in [4.69, 9.17) is 0 Å². The zero-order valence-corrected chi connectivity index (χ0v) is 12.9. The summed E-state index contributed by atoms with van der Waals surface area (Å²) in [6.07, 6.45) is 2.18. The molecule has 1 heterocycles. The molecule has 1 aromatic carbocycles. The van der Waals surface area contributed by atoms with Gasteiger partial charge in [-0.25, -0.2) is 0 Å². The van der Waals surface area contributed by atoms with Crippen LogP contribution in [0, 0.1) is 12.8 Å². The Labute approximate surface area is 122 Å². The second-order valence-electron chi connectivity index (χ2n) is 5.74. The van der Waals surface area contributed by atoms with E-state index >= 15 is 0 Å². The minimum Gasteiger partial charge on any atom is -0.338 e. The topological polar surface area (TPSA) is 32.3 Å². The SMILES string of the molecule is CCNC1CCN(C(=O)c2ccc(C)cc2)CC1CC. The fraction of sp³-hybridized carbons (Fsp3) is 0.588. The van der Waals surface area contributed by atoms with E-state index in [1.165, 1.54) is 5.56 Å². The Bertz CT molecular complexity index is 441. The second kappa shape index (κ2) is 6.89. The Kier molecular flexibility index (Phi) is 5.18. The monoisotopic (exact) mass is 274 g/mol. The maximum Gasteiger partial charge on any atom is 0.253 e. The number of benzene rings is 1. The summed E-state index contributed by atoms with van der Waals surface area (Å²) in [6.45, 7) is 9.16. The van der Waals surface area contributed by atoms with Crippen LogP contribution in [0.5, 0.6) is 0 Å². The van der Waals surface area contributed by atoms with E-state index in [0.717, 1.165) is 38.0 Å². The lowest BCUT2D eigenvalue weighted by atomic mass is 9.89. The largest absolute Gasteiger partial charge is 0.338 e. The van der Waals surface area contributed by atoms with Crippen molar-refractivity contribution in [3.63, 3.8) is 0 Å². The van der Waals surface area contributed by atoms with E-state index in [1.807, 2.05) is 36.1 Å². The summed E-state index contributed by atoms with van der Waals surface area (Å²) in [6, 6.07) is 8.46. The van der Waals surface area contributed by atoms with Crippen molar-refractivity contribution in [2.24, 2.45) is 5.92 Å². The number of hydrogen-bond donors (Lipinski definition) is 1. The van der Waals surface area contributed by atoms with Crippen LogP contribution in [0.1, 0.15) is 42.6 Å². The lowest BCUT2D eigenvalue weighted by Gasteiger charge is -2.38. The molecule has 2 unspecified atom stereocenters. The summed E-state index contributed by atoms with van der Waals surface area (Å²) in [5, 5.41) is 3.55. The molecule has 0 bridgehead atoms. The van der Waals surface area contributed by atoms with E-state index < -0.39 is 0 Å². The number of hydrogen-bond acceptors (Lipinski definition) is 2. The zero-order chi connectivity index (χ0) is 14.5. The molecule has 3 heteroatoms. The van der Waals surface area contributed by atoms with E-state index in [0.29, 0.717) is 12.0 Å². The summed E-state index contributed by atoms with van der Waals surface area (Å²) in [7, 11) is 0. The first-order valence-corrected chi connectivity index (χ1v) is 7.75. The predicted molar refractivity (Wildman–Crippen MR) is 82.9 cm³/mol. The van der Waals surface area contributed by atoms with Crippen molar-refractivity contribution in [3.05, 3.63) is 35.4 Å². The molecule has 2 rings (SSSR count). The number of piperidine rings is 1. The van der Waals surface area contributed by atoms with E-state index in [2.05, 4.69) is 19.2 Å². The highest BCUT2D eigenvalue weighted by Crippen LogP contribution is 2.22. The van der Waals surface area contributed by atoms with Crippen LogP contribution in [0.25, 0.3) is 0 Å². The van der Waals surface area contributed by atoms with Crippen LogP contribution in [0.3, 0.4) is 0 Å². The quantitative estimate of drug-likeness (QED) is 0.915. The van der Waals surface area contributed by atoms with Gasteiger partial charge in [0.25, 0.3) is 5.91 Å². The molecule has 1 aliphatic rings. The van der Waals surface area contributed by atoms with Gasteiger partial charge in [-0.05, 0) is 37.9 Å². The highest BCUT2D eigenvalue weighted by molar-refractivity contribution is 5.94. The number of carbonyl (C=O) groups excluding carboxylic acids is 1. The van der Waals surface area contributed by atoms with Gasteiger partial charge in [-0.15, -0.1) is 0 Å². The van der Waals surface area contributed by atoms with E-state index in [-0.39, 0.29) is 5.91 Å². The second-order valence-corrected chi connectivity index (χ2v) is 5.74. The number of aryl methyl sites for hydroxylation is 1. The summed E-state index contributed by atoms with van der Waals surface area (Å²) >= 11 is 0. The molecule has 3 nitrogen and oxygen atoms in total. The van der Waals surface area contributed by atoms with Crippen molar-refractivity contribution in [2.45, 2.75) is 39.7 Å². The number of likely N-dealkylation sites (tertiary alicyclic amines) is 1. The lowest BCUT2D eigenvalue weighted by Crippen LogP contribution is -2.50. The predicted octanol–water partition coefficient (Wildman–Crippen LogP) is 2.85. The first-order chi connectivity index (χ1) is 9.65. The average molecular weight is 274 g/mol. The van der Waals surface area contributed by atoms with Crippen LogP contribution >= 0.6 is 0 Å². The van der Waals surface area contributed by atoms with Gasteiger partial charge >= 0.3 is 0 Å². The van der Waals surface area contributed by atoms with Crippen LogP contribution in [-0.4, -0.2) is 36.5 Å². The van der Waals surface area contributed by atoms with Crippen molar-refractivity contribution in [3.8, 4) is 0 Å². The van der Waals surface area contributed by atoms with Crippen LogP contribution in [0.15, 0.2) is 24.3 Å². The highest BCUT2D eigenvalue weighted by Gasteiger charge is 2.30. The maximum absolute atomic E-state index is 12.5. The zero-order valence-electron chi connectivity index (χ0n) is 12.9. The first-order valence-electron chi connectivity index (χ1n) is 7.75. The van der Waals surface area contributed by atoms with Gasteiger partial charge in [-0.2, -0.15) is 0 Å². The molecule has 20 heavy (non-hydrogen) atoms. The number of nitrogens with one attached hydrogen (secondary N) is 1. The minimum absolute atomic E-state index is 0.179. The van der Waals surface area contributed by atoms with Crippen molar-refractivity contribution in [2.75, 3.05) is 19.6 Å². The van der Waals surface area contributed by atoms with Gasteiger partial charge in [0.2, 0.25) is 0 Å². The van der Waals surface area contributed by atoms with Crippen molar-refractivity contribution in [1.82, 2.24) is 10.2 Å². The number of rotatable bonds is 4. The summed E-state index contributed by atoms with van der Waals surface area (Å²) in [4.78, 5) is 14.6. The average Bonchev–Trinajstić information content (AvgIpc) is 2.48. The van der Waals surface area contributed by atoms with Crippen LogP contribution in [-0.2, 0) is 0 Å². The van der Waals surface area contributed by atoms with E-state index in [9.17, 15) is 4.79 Å². The molecule has 1 saturated heterocycles. The molecule has 110 valence electrons. The Morgan fingerprint density at radius 1 is 1.30 bits per heavy atom. The van der Waals surface area contributed by atoms with Gasteiger partial charge in [0.1, 0.15) is 0 Å². The van der Waals surface area contributed by atoms with Crippen molar-refractivity contribution < 1.29 is 4.79 Å². The Morgan fingerprint density at radius 2 is 2.00 bits per heavy atom. The molecule has 0 radical (unpaired) electrons. The third-order valence-electron chi connectivity index (χ3n) is 4.31. The summed E-state index contributed by atoms with van der Waals surface area (Å²) in [5.41, 5.74) is 2.01. The van der Waals surface area contributed by atoms with Crippen molar-refractivity contribution >= 4 is 5.91 Å². The Hall–Kier alpha value is -1.35. The van der Waals surface area contributed by atoms with Crippen LogP contribution < -0.4 is 5.32 Å². The van der Waals surface area contributed by atoms with Crippen LogP contribution in [0.2, 0.25) is 0 Å². The lowest BCUT2D eigenvalue weighted by molar-refractivity contribution is 0.0628. The standard InChI is InChI=1S/C17H26N2O/c1-4-14-12-19(11-10-16(14)18-5-2)17(20)15-8-6-13(3)7-9-15/h6-9,14,16,18H,4-5,10-12H2,1-3H3. The first kappa shape index (κ1) is 15.0. The fourth-order valence-corrected chi connectivity index (χ4v) is 3.04. The molecule has 0 saturated carbocycles. The van der Waals surface area contributed by atoms with Gasteiger partial charge < -0.3 is 10.2 Å². The molecule has 0 aromatic heterocycles. The molecular weight excluding hydrogens is 248 g/mol. The maximum atomic E-state index is 12.5. The molecule has 0 spiro atoms. The third kappa shape index (κ3) is 3.40. The van der Waals surface area contributed by atoms with Gasteiger partial charge in [-0.3, -0.25) is 4.79 Å². The number of carbonyl (C=O) groups is 1. The van der Waals surface area contributed by atoms with Crippen LogP contribution in [0.4, 0.5) is 0 Å². The minimum atomic E-state index is 0.179. The normalized spacial score (nSPS) is 22.9. The molecule has 1 fully saturated rings. The molecule has 1 aromatic rings. The highest BCUT2D eigenvalue weighted by atomic mass is 16.2. The van der Waals surface area contributed by atoms with Gasteiger partial charge in [-0.1, -0.05) is 38.0 Å². The van der Waals surface area contributed by atoms with E-state index in [1.54, 1.807) is 0 Å². The third-order valence-corrected chi connectivity index (χ3v) is 4.31.